The van der Waals surface area contributed by atoms with Crippen molar-refractivity contribution >= 4 is 24.2 Å². The smallest absolute Gasteiger partial charge is 0.430 e. The lowest BCUT2D eigenvalue weighted by Gasteiger charge is -2.44. The van der Waals surface area contributed by atoms with Crippen molar-refractivity contribution < 1.29 is 33.4 Å². The fourth-order valence-corrected chi connectivity index (χ4v) is 4.02. The first-order valence-electron chi connectivity index (χ1n) is 11.8. The lowest BCUT2D eigenvalue weighted by molar-refractivity contribution is -0.147. The summed E-state index contributed by atoms with van der Waals surface area (Å²) in [5, 5.41) is 2.09. The minimum atomic E-state index is -1.13. The van der Waals surface area contributed by atoms with Crippen LogP contribution in [0.15, 0.2) is 30.3 Å². The molecule has 1 aromatic rings. The summed E-state index contributed by atoms with van der Waals surface area (Å²) in [4.78, 5) is 53.7. The zero-order valence-corrected chi connectivity index (χ0v) is 21.3. The first-order valence-corrected chi connectivity index (χ1v) is 11.8. The van der Waals surface area contributed by atoms with Crippen LogP contribution in [0.3, 0.4) is 0 Å². The Balaban J connectivity index is 1.90. The topological polar surface area (TPSA) is 106 Å². The van der Waals surface area contributed by atoms with Crippen molar-refractivity contribution in [2.75, 3.05) is 13.2 Å². The van der Waals surface area contributed by atoms with E-state index in [1.54, 1.807) is 41.5 Å². The van der Waals surface area contributed by atoms with Crippen molar-refractivity contribution in [3.63, 3.8) is 0 Å². The van der Waals surface area contributed by atoms with Crippen LogP contribution < -0.4 is 0 Å². The van der Waals surface area contributed by atoms with Gasteiger partial charge in [-0.05, 0) is 66.4 Å². The van der Waals surface area contributed by atoms with Gasteiger partial charge in [-0.1, -0.05) is 30.3 Å². The van der Waals surface area contributed by atoms with E-state index in [4.69, 9.17) is 14.2 Å². The predicted molar refractivity (Wildman–Crippen MR) is 126 cm³/mol. The summed E-state index contributed by atoms with van der Waals surface area (Å²) < 4.78 is 16.2. The molecule has 0 aromatic heterocycles. The quantitative estimate of drug-likeness (QED) is 0.588. The van der Waals surface area contributed by atoms with Crippen LogP contribution in [0, 0.1) is 0 Å². The molecule has 0 N–H and O–H groups in total. The van der Waals surface area contributed by atoms with E-state index in [0.717, 1.165) is 20.5 Å². The van der Waals surface area contributed by atoms with Crippen molar-refractivity contribution in [1.82, 2.24) is 14.9 Å². The molecule has 0 aliphatic carbocycles. The molecule has 2 aliphatic heterocycles. The highest BCUT2D eigenvalue weighted by molar-refractivity contribution is 5.98. The standard InChI is InChI=1S/C25H35N3O7/c1-24(2,3)34-21(30)26-14-10-13-19(28(26)23(32)35-25(4,5)6)20(29)27-18(16-33-22(27)31)15-17-11-8-7-9-12-17/h7-9,11-12,18-19H,10,13-16H2,1-6H3. The minimum Gasteiger partial charge on any atom is -0.447 e. The Morgan fingerprint density at radius 1 is 0.971 bits per heavy atom. The molecule has 2 saturated heterocycles. The Morgan fingerprint density at radius 2 is 1.57 bits per heavy atom. The van der Waals surface area contributed by atoms with Crippen molar-refractivity contribution in [2.24, 2.45) is 0 Å². The number of benzene rings is 1. The maximum atomic E-state index is 13.7. The highest BCUT2D eigenvalue weighted by Crippen LogP contribution is 2.28. The van der Waals surface area contributed by atoms with Crippen LogP contribution >= 0.6 is 0 Å². The van der Waals surface area contributed by atoms with Crippen LogP contribution in [0.4, 0.5) is 14.4 Å². The Morgan fingerprint density at radius 3 is 2.17 bits per heavy atom. The summed E-state index contributed by atoms with van der Waals surface area (Å²) in [6.07, 6.45) is -1.32. The van der Waals surface area contributed by atoms with Gasteiger partial charge in [-0.15, -0.1) is 0 Å². The molecule has 2 unspecified atom stereocenters. The Kier molecular flexibility index (Phi) is 7.62. The average Bonchev–Trinajstić information content (AvgIpc) is 3.10. The van der Waals surface area contributed by atoms with E-state index < -0.39 is 47.5 Å². The third kappa shape index (κ3) is 6.64. The molecule has 0 saturated carbocycles. The van der Waals surface area contributed by atoms with E-state index in [1.807, 2.05) is 30.3 Å². The number of hydrogen-bond donors (Lipinski definition) is 0. The molecule has 2 aliphatic rings. The number of hydrogen-bond acceptors (Lipinski definition) is 7. The SMILES string of the molecule is CC(C)(C)OC(=O)N1CCCC(C(=O)N2C(=O)OCC2Cc2ccccc2)N1C(=O)OC(C)(C)C. The van der Waals surface area contributed by atoms with Crippen LogP contribution in [0.25, 0.3) is 0 Å². The van der Waals surface area contributed by atoms with E-state index in [2.05, 4.69) is 0 Å². The van der Waals surface area contributed by atoms with Crippen LogP contribution in [0.5, 0.6) is 0 Å². The summed E-state index contributed by atoms with van der Waals surface area (Å²) in [6, 6.07) is 7.79. The molecule has 3 rings (SSSR count). The van der Waals surface area contributed by atoms with Gasteiger partial charge in [0.1, 0.15) is 23.9 Å². The fourth-order valence-electron chi connectivity index (χ4n) is 4.02. The number of carbonyl (C=O) groups excluding carboxylic acids is 4. The Labute approximate surface area is 206 Å². The highest BCUT2D eigenvalue weighted by Gasteiger charge is 2.48. The number of carbonyl (C=O) groups is 4. The summed E-state index contributed by atoms with van der Waals surface area (Å²) in [5.74, 6) is -0.618. The number of hydrazine groups is 1. The first kappa shape index (κ1) is 26.3. The lowest BCUT2D eigenvalue weighted by atomic mass is 10.0. The zero-order valence-electron chi connectivity index (χ0n) is 21.3. The molecule has 35 heavy (non-hydrogen) atoms. The Hall–Kier alpha value is -3.30. The number of imide groups is 1. The predicted octanol–water partition coefficient (Wildman–Crippen LogP) is 4.13. The molecule has 4 amide bonds. The van der Waals surface area contributed by atoms with E-state index in [9.17, 15) is 19.2 Å². The van der Waals surface area contributed by atoms with Gasteiger partial charge in [0, 0.05) is 6.54 Å². The number of ether oxygens (including phenoxy) is 3. The van der Waals surface area contributed by atoms with E-state index in [1.165, 1.54) is 0 Å². The second-order valence-corrected chi connectivity index (χ2v) is 10.7. The molecule has 2 atom stereocenters. The van der Waals surface area contributed by atoms with Gasteiger partial charge in [0.25, 0.3) is 5.91 Å². The summed E-state index contributed by atoms with van der Waals surface area (Å²) in [6.45, 7) is 10.4. The van der Waals surface area contributed by atoms with Crippen molar-refractivity contribution in [1.29, 1.82) is 0 Å². The van der Waals surface area contributed by atoms with E-state index in [-0.39, 0.29) is 19.6 Å². The zero-order chi connectivity index (χ0) is 26.0. The molecule has 192 valence electrons. The van der Waals surface area contributed by atoms with Gasteiger partial charge in [-0.25, -0.2) is 29.3 Å². The van der Waals surface area contributed by atoms with Crippen molar-refractivity contribution in [3.8, 4) is 0 Å². The van der Waals surface area contributed by atoms with Gasteiger partial charge in [0.15, 0.2) is 0 Å². The van der Waals surface area contributed by atoms with E-state index in [0.29, 0.717) is 12.8 Å². The second-order valence-electron chi connectivity index (χ2n) is 10.7. The van der Waals surface area contributed by atoms with Crippen LogP contribution in [-0.2, 0) is 25.4 Å². The minimum absolute atomic E-state index is 0.0500. The molecule has 0 radical (unpaired) electrons. The van der Waals surface area contributed by atoms with Gasteiger partial charge in [-0.3, -0.25) is 4.79 Å². The van der Waals surface area contributed by atoms with Crippen LogP contribution in [0.1, 0.15) is 59.9 Å². The maximum absolute atomic E-state index is 13.7. The number of rotatable bonds is 3. The molecular weight excluding hydrogens is 454 g/mol. The number of cyclic esters (lactones) is 1. The normalized spacial score (nSPS) is 21.0. The van der Waals surface area contributed by atoms with E-state index >= 15 is 0 Å². The molecule has 0 bridgehead atoms. The fraction of sp³-hybridized carbons (Fsp3) is 0.600. The molecule has 2 heterocycles. The molecule has 0 spiro atoms. The molecule has 1 aromatic carbocycles. The average molecular weight is 490 g/mol. The van der Waals surface area contributed by atoms with Crippen molar-refractivity contribution in [2.45, 2.75) is 84.1 Å². The van der Waals surface area contributed by atoms with Crippen molar-refractivity contribution in [3.05, 3.63) is 35.9 Å². The lowest BCUT2D eigenvalue weighted by Crippen LogP contribution is -2.64. The monoisotopic (exact) mass is 489 g/mol. The number of nitrogens with zero attached hydrogens (tertiary/aromatic N) is 3. The maximum Gasteiger partial charge on any atom is 0.430 e. The third-order valence-electron chi connectivity index (χ3n) is 5.39. The third-order valence-corrected chi connectivity index (χ3v) is 5.39. The van der Waals surface area contributed by atoms with Gasteiger partial charge < -0.3 is 14.2 Å². The van der Waals surface area contributed by atoms with Crippen LogP contribution in [-0.4, -0.2) is 75.5 Å². The number of amides is 4. The molecule has 10 nitrogen and oxygen atoms in total. The van der Waals surface area contributed by atoms with Crippen LogP contribution in [0.2, 0.25) is 0 Å². The van der Waals surface area contributed by atoms with Gasteiger partial charge >= 0.3 is 18.3 Å². The van der Waals surface area contributed by atoms with Gasteiger partial charge in [0.05, 0.1) is 6.04 Å². The molecular formula is C25H35N3O7. The highest BCUT2D eigenvalue weighted by atomic mass is 16.6. The summed E-state index contributed by atoms with van der Waals surface area (Å²) in [7, 11) is 0. The van der Waals surface area contributed by atoms with Gasteiger partial charge in [-0.2, -0.15) is 0 Å². The summed E-state index contributed by atoms with van der Waals surface area (Å²) >= 11 is 0. The van der Waals surface area contributed by atoms with Gasteiger partial charge in [0.2, 0.25) is 0 Å². The first-order chi connectivity index (χ1) is 16.3. The molecule has 10 heteroatoms. The molecule has 2 fully saturated rings. The Bertz CT molecular complexity index is 952. The summed E-state index contributed by atoms with van der Waals surface area (Å²) in [5.41, 5.74) is -0.742. The second kappa shape index (κ2) is 10.1. The largest absolute Gasteiger partial charge is 0.447 e.